The van der Waals surface area contributed by atoms with Crippen molar-refractivity contribution in [2.24, 2.45) is 5.92 Å². The molecular formula is C19H20ClFN2O. The number of carbonyl (C=O) groups excluding carboxylic acids is 1. The molecule has 2 amide bonds. The Balaban J connectivity index is 1.79. The van der Waals surface area contributed by atoms with Gasteiger partial charge in [0, 0.05) is 12.6 Å². The summed E-state index contributed by atoms with van der Waals surface area (Å²) in [6, 6.07) is 14.2. The summed E-state index contributed by atoms with van der Waals surface area (Å²) in [4.78, 5) is 14.5. The predicted molar refractivity (Wildman–Crippen MR) is 94.6 cm³/mol. The molecule has 0 saturated heterocycles. The second kappa shape index (κ2) is 7.22. The van der Waals surface area contributed by atoms with Crippen molar-refractivity contribution >= 4 is 23.3 Å². The minimum atomic E-state index is -0.605. The highest BCUT2D eigenvalue weighted by Crippen LogP contribution is 2.36. The molecule has 3 rings (SSSR count). The highest BCUT2D eigenvalue weighted by molar-refractivity contribution is 6.31. The number of amides is 2. The van der Waals surface area contributed by atoms with Crippen molar-refractivity contribution in [1.82, 2.24) is 4.90 Å². The average Bonchev–Trinajstić information content (AvgIpc) is 3.42. The molecule has 3 nitrogen and oxygen atoms in total. The van der Waals surface area contributed by atoms with Gasteiger partial charge in [0.15, 0.2) is 5.82 Å². The number of benzene rings is 2. The van der Waals surface area contributed by atoms with Gasteiger partial charge in [-0.05, 0) is 43.4 Å². The molecule has 0 aliphatic heterocycles. The van der Waals surface area contributed by atoms with Gasteiger partial charge in [0.05, 0.1) is 10.7 Å². The summed E-state index contributed by atoms with van der Waals surface area (Å²) in [5.74, 6) is -0.0880. The van der Waals surface area contributed by atoms with Crippen LogP contribution in [0.3, 0.4) is 0 Å². The molecule has 126 valence electrons. The largest absolute Gasteiger partial charge is 0.322 e. The van der Waals surface area contributed by atoms with Crippen molar-refractivity contribution < 1.29 is 9.18 Å². The summed E-state index contributed by atoms with van der Waals surface area (Å²) in [6.45, 7) is 2.54. The fourth-order valence-corrected chi connectivity index (χ4v) is 2.98. The summed E-state index contributed by atoms with van der Waals surface area (Å²) in [6.07, 6.45) is 2.26. The molecule has 1 aliphatic carbocycles. The number of nitrogens with zero attached hydrogens (tertiary/aromatic N) is 1. The van der Waals surface area contributed by atoms with Gasteiger partial charge in [-0.15, -0.1) is 0 Å². The zero-order chi connectivity index (χ0) is 17.1. The van der Waals surface area contributed by atoms with Gasteiger partial charge in [0.25, 0.3) is 0 Å². The molecule has 1 atom stereocenters. The molecule has 5 heteroatoms. The number of hydrogen-bond donors (Lipinski definition) is 1. The molecule has 0 spiro atoms. The smallest absolute Gasteiger partial charge is 0.317 e. The Hall–Kier alpha value is -2.07. The quantitative estimate of drug-likeness (QED) is 0.781. The van der Waals surface area contributed by atoms with Crippen LogP contribution in [-0.4, -0.2) is 17.0 Å². The van der Waals surface area contributed by atoms with E-state index in [1.807, 2.05) is 30.3 Å². The highest BCUT2D eigenvalue weighted by atomic mass is 35.5. The van der Waals surface area contributed by atoms with Gasteiger partial charge in [-0.3, -0.25) is 0 Å². The van der Waals surface area contributed by atoms with Crippen LogP contribution in [0.15, 0.2) is 48.5 Å². The predicted octanol–water partition coefficient (Wildman–Crippen LogP) is 5.31. The van der Waals surface area contributed by atoms with E-state index in [0.29, 0.717) is 12.5 Å². The highest BCUT2D eigenvalue weighted by Gasteiger charge is 2.34. The van der Waals surface area contributed by atoms with E-state index in [1.54, 1.807) is 11.0 Å². The van der Waals surface area contributed by atoms with Crippen LogP contribution in [0.1, 0.15) is 25.3 Å². The molecule has 1 fully saturated rings. The number of halogens is 2. The topological polar surface area (TPSA) is 32.3 Å². The van der Waals surface area contributed by atoms with Gasteiger partial charge in [-0.25, -0.2) is 9.18 Å². The maximum Gasteiger partial charge on any atom is 0.322 e. The van der Waals surface area contributed by atoms with Crippen molar-refractivity contribution in [3.63, 3.8) is 0 Å². The lowest BCUT2D eigenvalue weighted by Gasteiger charge is -2.30. The molecule has 0 heterocycles. The van der Waals surface area contributed by atoms with Crippen LogP contribution in [0.25, 0.3) is 0 Å². The molecule has 1 aliphatic rings. The van der Waals surface area contributed by atoms with E-state index < -0.39 is 5.82 Å². The number of anilines is 1. The third-order valence-electron chi connectivity index (χ3n) is 4.45. The summed E-state index contributed by atoms with van der Waals surface area (Å²) >= 11 is 5.79. The van der Waals surface area contributed by atoms with Crippen molar-refractivity contribution in [2.45, 2.75) is 32.4 Å². The SMILES string of the molecule is CC(C1CC1)N(Cc1ccccc1)C(=O)Nc1cccc(Cl)c1F. The van der Waals surface area contributed by atoms with E-state index in [9.17, 15) is 9.18 Å². The number of carbonyl (C=O) groups is 1. The zero-order valence-electron chi connectivity index (χ0n) is 13.5. The summed E-state index contributed by atoms with van der Waals surface area (Å²) in [7, 11) is 0. The minimum Gasteiger partial charge on any atom is -0.317 e. The summed E-state index contributed by atoms with van der Waals surface area (Å²) in [5, 5.41) is 2.66. The first-order valence-corrected chi connectivity index (χ1v) is 8.49. The maximum absolute atomic E-state index is 14.1. The van der Waals surface area contributed by atoms with Crippen molar-refractivity contribution in [2.75, 3.05) is 5.32 Å². The number of hydrogen-bond acceptors (Lipinski definition) is 1. The van der Waals surface area contributed by atoms with Crippen LogP contribution < -0.4 is 5.32 Å². The van der Waals surface area contributed by atoms with Crippen LogP contribution in [0, 0.1) is 11.7 Å². The van der Waals surface area contributed by atoms with E-state index >= 15 is 0 Å². The van der Waals surface area contributed by atoms with Crippen LogP contribution in [0.2, 0.25) is 5.02 Å². The summed E-state index contributed by atoms with van der Waals surface area (Å²) < 4.78 is 14.1. The van der Waals surface area contributed by atoms with Crippen LogP contribution >= 0.6 is 11.6 Å². The Kier molecular flexibility index (Phi) is 5.05. The van der Waals surface area contributed by atoms with Gasteiger partial charge < -0.3 is 10.2 Å². The van der Waals surface area contributed by atoms with E-state index in [0.717, 1.165) is 18.4 Å². The van der Waals surface area contributed by atoms with Gasteiger partial charge in [-0.1, -0.05) is 48.0 Å². The molecule has 1 saturated carbocycles. The van der Waals surface area contributed by atoms with Crippen molar-refractivity contribution in [3.05, 3.63) is 64.9 Å². The molecule has 0 aromatic heterocycles. The Bertz CT molecular complexity index is 719. The standard InChI is InChI=1S/C19H20ClFN2O/c1-13(15-10-11-15)23(12-14-6-3-2-4-7-14)19(24)22-17-9-5-8-16(20)18(17)21/h2-9,13,15H,10-12H2,1H3,(H,22,24). The summed E-state index contributed by atoms with van der Waals surface area (Å²) in [5.41, 5.74) is 1.15. The second-order valence-electron chi connectivity index (χ2n) is 6.22. The molecule has 0 radical (unpaired) electrons. The zero-order valence-corrected chi connectivity index (χ0v) is 14.3. The molecule has 1 N–H and O–H groups in total. The Morgan fingerprint density at radius 1 is 1.25 bits per heavy atom. The lowest BCUT2D eigenvalue weighted by molar-refractivity contribution is 0.180. The van der Waals surface area contributed by atoms with Gasteiger partial charge in [0.1, 0.15) is 0 Å². The van der Waals surface area contributed by atoms with E-state index in [4.69, 9.17) is 11.6 Å². The minimum absolute atomic E-state index is 0.00218. The van der Waals surface area contributed by atoms with E-state index in [2.05, 4.69) is 12.2 Å². The molecule has 24 heavy (non-hydrogen) atoms. The van der Waals surface area contributed by atoms with Crippen molar-refractivity contribution in [1.29, 1.82) is 0 Å². The first kappa shape index (κ1) is 16.8. The van der Waals surface area contributed by atoms with E-state index in [-0.39, 0.29) is 22.8 Å². The van der Waals surface area contributed by atoms with Gasteiger partial charge in [-0.2, -0.15) is 0 Å². The lowest BCUT2D eigenvalue weighted by Crippen LogP contribution is -2.42. The molecule has 2 aromatic rings. The molecular weight excluding hydrogens is 327 g/mol. The number of urea groups is 1. The first-order valence-electron chi connectivity index (χ1n) is 8.12. The number of nitrogens with one attached hydrogen (secondary N) is 1. The lowest BCUT2D eigenvalue weighted by atomic mass is 10.1. The Labute approximate surface area is 146 Å². The van der Waals surface area contributed by atoms with E-state index in [1.165, 1.54) is 12.1 Å². The molecule has 0 bridgehead atoms. The van der Waals surface area contributed by atoms with Crippen LogP contribution in [-0.2, 0) is 6.54 Å². The third-order valence-corrected chi connectivity index (χ3v) is 4.74. The van der Waals surface area contributed by atoms with Crippen LogP contribution in [0.5, 0.6) is 0 Å². The van der Waals surface area contributed by atoms with Gasteiger partial charge in [0.2, 0.25) is 0 Å². The first-order chi connectivity index (χ1) is 11.6. The average molecular weight is 347 g/mol. The normalized spacial score (nSPS) is 15.0. The van der Waals surface area contributed by atoms with Crippen molar-refractivity contribution in [3.8, 4) is 0 Å². The fourth-order valence-electron chi connectivity index (χ4n) is 2.80. The monoisotopic (exact) mass is 346 g/mol. The Morgan fingerprint density at radius 2 is 1.96 bits per heavy atom. The Morgan fingerprint density at radius 3 is 2.62 bits per heavy atom. The molecule has 1 unspecified atom stereocenters. The fraction of sp³-hybridized carbons (Fsp3) is 0.316. The molecule has 2 aromatic carbocycles. The third kappa shape index (κ3) is 3.88. The van der Waals surface area contributed by atoms with Gasteiger partial charge >= 0.3 is 6.03 Å². The second-order valence-corrected chi connectivity index (χ2v) is 6.63. The maximum atomic E-state index is 14.1. The number of rotatable bonds is 5. The van der Waals surface area contributed by atoms with Crippen LogP contribution in [0.4, 0.5) is 14.9 Å².